The lowest BCUT2D eigenvalue weighted by Crippen LogP contribution is -2.05. The lowest BCUT2D eigenvalue weighted by atomic mass is 10.3. The summed E-state index contributed by atoms with van der Waals surface area (Å²) in [6.07, 6.45) is 1.01. The van der Waals surface area contributed by atoms with Crippen molar-refractivity contribution in [2.45, 2.75) is 19.3 Å². The van der Waals surface area contributed by atoms with Crippen LogP contribution in [0.4, 0.5) is 0 Å². The molecule has 0 aromatic carbocycles. The molecule has 0 spiro atoms. The molecule has 1 aliphatic rings. The van der Waals surface area contributed by atoms with Crippen LogP contribution in [0.25, 0.3) is 0 Å². The van der Waals surface area contributed by atoms with Crippen LogP contribution in [0.3, 0.4) is 0 Å². The Kier molecular flexibility index (Phi) is 2.15. The van der Waals surface area contributed by atoms with E-state index in [0.29, 0.717) is 11.7 Å². The molecule has 14 heavy (non-hydrogen) atoms. The van der Waals surface area contributed by atoms with Gasteiger partial charge in [-0.2, -0.15) is 0 Å². The number of rotatable bonds is 2. The van der Waals surface area contributed by atoms with Gasteiger partial charge in [-0.15, -0.1) is 0 Å². The van der Waals surface area contributed by atoms with E-state index in [1.807, 2.05) is 0 Å². The number of carboxylic acid groups (broad SMARTS) is 1. The first kappa shape index (κ1) is 9.40. The molecule has 1 heterocycles. The Balaban J connectivity index is 2.37. The molecule has 1 N–H and O–H groups in total. The third-order valence-electron chi connectivity index (χ3n) is 2.37. The maximum atomic E-state index is 10.7. The van der Waals surface area contributed by atoms with Crippen molar-refractivity contribution in [2.24, 2.45) is 5.92 Å². The largest absolute Gasteiger partial charge is 0.477 e. The van der Waals surface area contributed by atoms with E-state index in [0.717, 1.165) is 6.42 Å². The molecule has 2 rings (SSSR count). The Hall–Kier alpha value is -1.16. The summed E-state index contributed by atoms with van der Waals surface area (Å²) in [5, 5.41) is 8.95. The number of carboxylic acids is 1. The fourth-order valence-electron chi connectivity index (χ4n) is 1.39. The molecule has 1 aliphatic carbocycles. The predicted octanol–water partition coefficient (Wildman–Crippen LogP) is 1.95. The quantitative estimate of drug-likeness (QED) is 0.762. The van der Waals surface area contributed by atoms with Crippen molar-refractivity contribution >= 4 is 17.6 Å². The molecule has 1 saturated carbocycles. The Labute approximate surface area is 85.9 Å². The fraction of sp³-hybridized carbons (Fsp3) is 0.444. The number of hydrogen-bond donors (Lipinski definition) is 1. The van der Waals surface area contributed by atoms with E-state index >= 15 is 0 Å². The zero-order valence-corrected chi connectivity index (χ0v) is 8.32. The summed E-state index contributed by atoms with van der Waals surface area (Å²) in [5.74, 6) is 0.313. The monoisotopic (exact) mass is 212 g/mol. The van der Waals surface area contributed by atoms with Gasteiger partial charge in [0, 0.05) is 12.0 Å². The highest BCUT2D eigenvalue weighted by atomic mass is 35.5. The van der Waals surface area contributed by atoms with Crippen LogP contribution >= 0.6 is 11.6 Å². The van der Waals surface area contributed by atoms with E-state index in [1.165, 1.54) is 6.07 Å². The van der Waals surface area contributed by atoms with E-state index in [-0.39, 0.29) is 16.8 Å². The lowest BCUT2D eigenvalue weighted by Gasteiger charge is -2.00. The summed E-state index contributed by atoms with van der Waals surface area (Å²) >= 11 is 5.70. The van der Waals surface area contributed by atoms with E-state index < -0.39 is 5.97 Å². The summed E-state index contributed by atoms with van der Waals surface area (Å²) < 4.78 is 0. The molecule has 0 amide bonds. The normalized spacial score (nSPS) is 24.7. The Morgan fingerprint density at radius 2 is 2.29 bits per heavy atom. The van der Waals surface area contributed by atoms with Gasteiger partial charge in [0.2, 0.25) is 0 Å². The van der Waals surface area contributed by atoms with Gasteiger partial charge >= 0.3 is 5.97 Å². The van der Waals surface area contributed by atoms with Crippen LogP contribution in [0, 0.1) is 5.92 Å². The average Bonchev–Trinajstić information content (AvgIpc) is 2.81. The van der Waals surface area contributed by atoms with Crippen molar-refractivity contribution in [3.8, 4) is 0 Å². The van der Waals surface area contributed by atoms with Gasteiger partial charge in [0.1, 0.15) is 11.0 Å². The Morgan fingerprint density at radius 3 is 2.79 bits per heavy atom. The predicted molar refractivity (Wildman–Crippen MR) is 50.5 cm³/mol. The molecular weight excluding hydrogens is 204 g/mol. The molecule has 0 bridgehead atoms. The first-order valence-electron chi connectivity index (χ1n) is 4.35. The molecule has 1 aromatic heterocycles. The summed E-state index contributed by atoms with van der Waals surface area (Å²) in [5.41, 5.74) is -0.0286. The van der Waals surface area contributed by atoms with Crippen LogP contribution in [0.15, 0.2) is 6.07 Å². The van der Waals surface area contributed by atoms with Crippen molar-refractivity contribution in [3.05, 3.63) is 22.7 Å². The van der Waals surface area contributed by atoms with E-state index in [2.05, 4.69) is 16.9 Å². The number of nitrogens with zero attached hydrogens (tertiary/aromatic N) is 2. The molecular formula is C9H9ClN2O2. The highest BCUT2D eigenvalue weighted by molar-refractivity contribution is 6.29. The lowest BCUT2D eigenvalue weighted by molar-refractivity contribution is 0.0690. The number of aromatic carboxylic acids is 1. The summed E-state index contributed by atoms with van der Waals surface area (Å²) in [7, 11) is 0. The van der Waals surface area contributed by atoms with Gasteiger partial charge in [-0.3, -0.25) is 0 Å². The standard InChI is InChI=1S/C9H9ClN2O2/c1-4-2-5(4)8-11-6(9(13)14)3-7(10)12-8/h3-5H,2H2,1H3,(H,13,14). The highest BCUT2D eigenvalue weighted by Gasteiger charge is 2.37. The number of aromatic nitrogens is 2. The SMILES string of the molecule is CC1CC1c1nc(Cl)cc(C(=O)O)n1. The minimum Gasteiger partial charge on any atom is -0.477 e. The van der Waals surface area contributed by atoms with Crippen molar-refractivity contribution in [1.29, 1.82) is 0 Å². The minimum absolute atomic E-state index is 0.0286. The van der Waals surface area contributed by atoms with Crippen molar-refractivity contribution < 1.29 is 9.90 Å². The summed E-state index contributed by atoms with van der Waals surface area (Å²) in [6.45, 7) is 2.08. The second-order valence-electron chi connectivity index (χ2n) is 3.56. The Morgan fingerprint density at radius 1 is 1.64 bits per heavy atom. The highest BCUT2D eigenvalue weighted by Crippen LogP contribution is 2.45. The van der Waals surface area contributed by atoms with Crippen LogP contribution in [0.2, 0.25) is 5.15 Å². The van der Waals surface area contributed by atoms with Crippen molar-refractivity contribution in [2.75, 3.05) is 0 Å². The van der Waals surface area contributed by atoms with Gasteiger partial charge < -0.3 is 5.11 Å². The maximum absolute atomic E-state index is 10.7. The summed E-state index contributed by atoms with van der Waals surface area (Å²) in [4.78, 5) is 18.7. The molecule has 0 saturated heterocycles. The minimum atomic E-state index is -1.07. The van der Waals surface area contributed by atoms with Gasteiger partial charge in [-0.25, -0.2) is 14.8 Å². The van der Waals surface area contributed by atoms with E-state index in [9.17, 15) is 4.79 Å². The van der Waals surface area contributed by atoms with Crippen LogP contribution < -0.4 is 0 Å². The Bertz CT molecular complexity index is 394. The zero-order chi connectivity index (χ0) is 10.3. The van der Waals surface area contributed by atoms with Crippen LogP contribution in [0.5, 0.6) is 0 Å². The van der Waals surface area contributed by atoms with Gasteiger partial charge in [0.25, 0.3) is 0 Å². The molecule has 5 heteroatoms. The molecule has 2 unspecified atom stereocenters. The van der Waals surface area contributed by atoms with E-state index in [4.69, 9.17) is 16.7 Å². The topological polar surface area (TPSA) is 63.1 Å². The molecule has 1 fully saturated rings. The molecule has 74 valence electrons. The van der Waals surface area contributed by atoms with Gasteiger partial charge in [0.05, 0.1) is 0 Å². The first-order valence-corrected chi connectivity index (χ1v) is 4.73. The molecule has 0 aliphatic heterocycles. The van der Waals surface area contributed by atoms with Gasteiger partial charge in [0.15, 0.2) is 5.69 Å². The number of halogens is 1. The van der Waals surface area contributed by atoms with E-state index in [1.54, 1.807) is 0 Å². The molecule has 1 aromatic rings. The third-order valence-corrected chi connectivity index (χ3v) is 2.57. The number of carbonyl (C=O) groups is 1. The van der Waals surface area contributed by atoms with Gasteiger partial charge in [-0.1, -0.05) is 18.5 Å². The maximum Gasteiger partial charge on any atom is 0.354 e. The first-order chi connectivity index (χ1) is 6.58. The molecule has 4 nitrogen and oxygen atoms in total. The second-order valence-corrected chi connectivity index (χ2v) is 3.95. The molecule has 2 atom stereocenters. The van der Waals surface area contributed by atoms with Gasteiger partial charge in [-0.05, 0) is 12.3 Å². The van der Waals surface area contributed by atoms with Crippen LogP contribution in [-0.4, -0.2) is 21.0 Å². The molecule has 0 radical (unpaired) electrons. The average molecular weight is 213 g/mol. The number of hydrogen-bond acceptors (Lipinski definition) is 3. The zero-order valence-electron chi connectivity index (χ0n) is 7.57. The smallest absolute Gasteiger partial charge is 0.354 e. The summed E-state index contributed by atoms with van der Waals surface area (Å²) in [6, 6.07) is 1.26. The van der Waals surface area contributed by atoms with Crippen LogP contribution in [0.1, 0.15) is 35.6 Å². The third kappa shape index (κ3) is 1.70. The van der Waals surface area contributed by atoms with Crippen molar-refractivity contribution in [3.63, 3.8) is 0 Å². The van der Waals surface area contributed by atoms with Crippen LogP contribution in [-0.2, 0) is 0 Å². The fourth-order valence-corrected chi connectivity index (χ4v) is 1.58. The van der Waals surface area contributed by atoms with Crippen molar-refractivity contribution in [1.82, 2.24) is 9.97 Å². The second kappa shape index (κ2) is 3.20.